The van der Waals surface area contributed by atoms with Gasteiger partial charge in [-0.05, 0) is 12.3 Å². The van der Waals surface area contributed by atoms with Crippen LogP contribution in [0.3, 0.4) is 0 Å². The van der Waals surface area contributed by atoms with Gasteiger partial charge in [-0.3, -0.25) is 4.68 Å². The van der Waals surface area contributed by atoms with Crippen LogP contribution in [0.2, 0.25) is 5.15 Å². The van der Waals surface area contributed by atoms with Gasteiger partial charge in [-0.25, -0.2) is 0 Å². The summed E-state index contributed by atoms with van der Waals surface area (Å²) in [6, 6.07) is 0. The molecule has 1 rings (SSSR count). The molecule has 0 saturated carbocycles. The summed E-state index contributed by atoms with van der Waals surface area (Å²) in [5.74, 6) is 0. The van der Waals surface area contributed by atoms with E-state index in [0.29, 0.717) is 11.6 Å². The summed E-state index contributed by atoms with van der Waals surface area (Å²) in [7, 11) is 1.79. The molecule has 1 aromatic rings. The Balaban J connectivity index is 3.12. The van der Waals surface area contributed by atoms with Crippen molar-refractivity contribution in [1.82, 2.24) is 9.78 Å². The third kappa shape index (κ3) is 2.64. The molecule has 1 heterocycles. The van der Waals surface area contributed by atoms with Gasteiger partial charge in [0.1, 0.15) is 5.15 Å². The van der Waals surface area contributed by atoms with Crippen molar-refractivity contribution in [2.45, 2.75) is 39.7 Å². The molecular weight excluding hydrogens is 238 g/mol. The van der Waals surface area contributed by atoms with Crippen LogP contribution >= 0.6 is 11.6 Å². The summed E-state index contributed by atoms with van der Waals surface area (Å²) in [6.45, 7) is 8.00. The van der Waals surface area contributed by atoms with E-state index in [1.165, 1.54) is 0 Å². The van der Waals surface area contributed by atoms with E-state index in [-0.39, 0.29) is 12.0 Å². The van der Waals surface area contributed by atoms with Gasteiger partial charge < -0.3 is 10.8 Å². The second-order valence-electron chi connectivity index (χ2n) is 5.64. The number of nitrogens with zero attached hydrogens (tertiary/aromatic N) is 2. The maximum atomic E-state index is 10.6. The largest absolute Gasteiger partial charge is 0.388 e. The summed E-state index contributed by atoms with van der Waals surface area (Å²) in [5, 5.41) is 15.5. The zero-order chi connectivity index (χ0) is 13.4. The first kappa shape index (κ1) is 14.5. The first-order valence-corrected chi connectivity index (χ1v) is 6.10. The minimum absolute atomic E-state index is 0.196. The second kappa shape index (κ2) is 4.59. The predicted octanol–water partition coefficient (Wildman–Crippen LogP) is 1.66. The Hall–Kier alpha value is -0.580. The van der Waals surface area contributed by atoms with Gasteiger partial charge in [0.05, 0.1) is 11.3 Å². The zero-order valence-corrected chi connectivity index (χ0v) is 12.0. The van der Waals surface area contributed by atoms with Crippen molar-refractivity contribution in [1.29, 1.82) is 0 Å². The highest BCUT2D eigenvalue weighted by molar-refractivity contribution is 6.30. The van der Waals surface area contributed by atoms with Crippen molar-refractivity contribution in [3.8, 4) is 0 Å². The lowest BCUT2D eigenvalue weighted by atomic mass is 9.73. The van der Waals surface area contributed by atoms with E-state index < -0.39 is 5.60 Å². The average molecular weight is 260 g/mol. The standard InChI is InChI=1S/C12H22ClN3O/c1-8-9(10(13)16(5)15-8)6-12(17,7-14)11(2,3)4/h17H,6-7,14H2,1-5H3. The van der Waals surface area contributed by atoms with Crippen molar-refractivity contribution in [3.05, 3.63) is 16.4 Å². The number of hydrogen-bond acceptors (Lipinski definition) is 3. The smallest absolute Gasteiger partial charge is 0.130 e. The van der Waals surface area contributed by atoms with Crippen molar-refractivity contribution in [3.63, 3.8) is 0 Å². The van der Waals surface area contributed by atoms with Gasteiger partial charge in [0.25, 0.3) is 0 Å². The van der Waals surface area contributed by atoms with Crippen LogP contribution in [-0.2, 0) is 13.5 Å². The first-order chi connectivity index (χ1) is 7.62. The molecule has 5 heteroatoms. The quantitative estimate of drug-likeness (QED) is 0.868. The molecule has 4 nitrogen and oxygen atoms in total. The molecule has 0 aromatic carbocycles. The fraction of sp³-hybridized carbons (Fsp3) is 0.750. The van der Waals surface area contributed by atoms with Crippen LogP contribution in [0.1, 0.15) is 32.0 Å². The zero-order valence-electron chi connectivity index (χ0n) is 11.2. The number of nitrogens with two attached hydrogens (primary N) is 1. The fourth-order valence-corrected chi connectivity index (χ4v) is 2.05. The van der Waals surface area contributed by atoms with E-state index in [0.717, 1.165) is 11.3 Å². The summed E-state index contributed by atoms with van der Waals surface area (Å²) < 4.78 is 1.62. The van der Waals surface area contributed by atoms with Crippen molar-refractivity contribution in [2.75, 3.05) is 6.54 Å². The lowest BCUT2D eigenvalue weighted by Gasteiger charge is -2.39. The maximum absolute atomic E-state index is 10.6. The highest BCUT2D eigenvalue weighted by Gasteiger charge is 2.40. The summed E-state index contributed by atoms with van der Waals surface area (Å²) in [4.78, 5) is 0. The molecule has 0 aliphatic carbocycles. The number of aliphatic hydroxyl groups is 1. The van der Waals surface area contributed by atoms with Gasteiger partial charge in [-0.1, -0.05) is 32.4 Å². The molecular formula is C12H22ClN3O. The molecule has 98 valence electrons. The topological polar surface area (TPSA) is 64.1 Å². The number of rotatable bonds is 3. The third-order valence-corrected chi connectivity index (χ3v) is 3.95. The number of aryl methyl sites for hydroxylation is 2. The molecule has 3 N–H and O–H groups in total. The molecule has 0 aliphatic heterocycles. The molecule has 17 heavy (non-hydrogen) atoms. The van der Waals surface area contributed by atoms with Gasteiger partial charge >= 0.3 is 0 Å². The Labute approximate surface area is 108 Å². The predicted molar refractivity (Wildman–Crippen MR) is 70.1 cm³/mol. The van der Waals surface area contributed by atoms with Crippen LogP contribution in [0, 0.1) is 12.3 Å². The minimum Gasteiger partial charge on any atom is -0.388 e. The molecule has 0 spiro atoms. The van der Waals surface area contributed by atoms with Crippen molar-refractivity contribution >= 4 is 11.6 Å². The molecule has 0 fully saturated rings. The van der Waals surface area contributed by atoms with E-state index >= 15 is 0 Å². The lowest BCUT2D eigenvalue weighted by molar-refractivity contribution is -0.0491. The van der Waals surface area contributed by atoms with E-state index in [1.54, 1.807) is 11.7 Å². The monoisotopic (exact) mass is 259 g/mol. The van der Waals surface area contributed by atoms with Crippen LogP contribution in [0.25, 0.3) is 0 Å². The van der Waals surface area contributed by atoms with Gasteiger partial charge in [0.2, 0.25) is 0 Å². The van der Waals surface area contributed by atoms with Gasteiger partial charge in [-0.2, -0.15) is 5.10 Å². The Morgan fingerprint density at radius 3 is 2.24 bits per heavy atom. The summed E-state index contributed by atoms with van der Waals surface area (Å²) in [5.41, 5.74) is 6.15. The van der Waals surface area contributed by atoms with Gasteiger partial charge in [0, 0.05) is 25.6 Å². The molecule has 0 aliphatic rings. The molecule has 0 radical (unpaired) electrons. The van der Waals surface area contributed by atoms with E-state index in [1.807, 2.05) is 27.7 Å². The van der Waals surface area contributed by atoms with E-state index in [4.69, 9.17) is 17.3 Å². The molecule has 0 bridgehead atoms. The average Bonchev–Trinajstić information content (AvgIpc) is 2.43. The normalized spacial score (nSPS) is 16.0. The summed E-state index contributed by atoms with van der Waals surface area (Å²) >= 11 is 6.18. The molecule has 1 unspecified atom stereocenters. The third-order valence-electron chi connectivity index (χ3n) is 3.47. The van der Waals surface area contributed by atoms with Gasteiger partial charge in [0.15, 0.2) is 0 Å². The number of aromatic nitrogens is 2. The molecule has 1 aromatic heterocycles. The highest BCUT2D eigenvalue weighted by Crippen LogP contribution is 2.35. The van der Waals surface area contributed by atoms with E-state index in [2.05, 4.69) is 5.10 Å². The lowest BCUT2D eigenvalue weighted by Crippen LogP contribution is -2.51. The fourth-order valence-electron chi connectivity index (χ4n) is 1.81. The second-order valence-corrected chi connectivity index (χ2v) is 6.00. The van der Waals surface area contributed by atoms with Gasteiger partial charge in [-0.15, -0.1) is 0 Å². The Bertz CT molecular complexity index is 409. The van der Waals surface area contributed by atoms with Crippen LogP contribution in [0.4, 0.5) is 0 Å². The van der Waals surface area contributed by atoms with E-state index in [9.17, 15) is 5.11 Å². The Morgan fingerprint density at radius 1 is 1.41 bits per heavy atom. The maximum Gasteiger partial charge on any atom is 0.130 e. The van der Waals surface area contributed by atoms with Crippen LogP contribution in [0.15, 0.2) is 0 Å². The summed E-state index contributed by atoms with van der Waals surface area (Å²) in [6.07, 6.45) is 0.422. The minimum atomic E-state index is -0.982. The van der Waals surface area contributed by atoms with Crippen LogP contribution in [0.5, 0.6) is 0 Å². The van der Waals surface area contributed by atoms with Crippen LogP contribution < -0.4 is 5.73 Å². The van der Waals surface area contributed by atoms with Crippen molar-refractivity contribution < 1.29 is 5.11 Å². The SMILES string of the molecule is Cc1nn(C)c(Cl)c1CC(O)(CN)C(C)(C)C. The van der Waals surface area contributed by atoms with Crippen molar-refractivity contribution in [2.24, 2.45) is 18.2 Å². The Kier molecular flexibility index (Phi) is 3.91. The first-order valence-electron chi connectivity index (χ1n) is 5.73. The molecule has 0 saturated heterocycles. The molecule has 0 amide bonds. The van der Waals surface area contributed by atoms with Crippen LogP contribution in [-0.4, -0.2) is 27.0 Å². The highest BCUT2D eigenvalue weighted by atomic mass is 35.5. The molecule has 1 atom stereocenters. The Morgan fingerprint density at radius 2 is 1.94 bits per heavy atom. The number of halogens is 1. The number of hydrogen-bond donors (Lipinski definition) is 2.